The van der Waals surface area contributed by atoms with E-state index in [0.717, 1.165) is 19.5 Å². The molecule has 1 amide bonds. The fraction of sp³-hybridized carbons (Fsp3) is 0.875. The van der Waals surface area contributed by atoms with Gasteiger partial charge in [-0.05, 0) is 13.3 Å². The number of carbonyl (C=O) groups is 1. The number of rotatable bonds is 3. The van der Waals surface area contributed by atoms with Gasteiger partial charge in [-0.3, -0.25) is 9.69 Å². The maximum atomic E-state index is 10.6. The highest BCUT2D eigenvalue weighted by molar-refractivity contribution is 5.74. The van der Waals surface area contributed by atoms with Gasteiger partial charge in [0.25, 0.3) is 0 Å². The number of hydrogen-bond acceptors (Lipinski definition) is 3. The van der Waals surface area contributed by atoms with Crippen LogP contribution in [0.15, 0.2) is 0 Å². The van der Waals surface area contributed by atoms with Crippen LogP contribution < -0.4 is 11.5 Å². The summed E-state index contributed by atoms with van der Waals surface area (Å²) in [6.45, 7) is 3.91. The van der Waals surface area contributed by atoms with Crippen molar-refractivity contribution in [2.75, 3.05) is 13.1 Å². The second-order valence-electron chi connectivity index (χ2n) is 3.56. The van der Waals surface area contributed by atoms with Crippen LogP contribution in [0.4, 0.5) is 0 Å². The molecule has 0 saturated carbocycles. The molecule has 4 heteroatoms. The highest BCUT2D eigenvalue weighted by Crippen LogP contribution is 2.12. The van der Waals surface area contributed by atoms with Gasteiger partial charge >= 0.3 is 0 Å². The van der Waals surface area contributed by atoms with Gasteiger partial charge in [0.1, 0.15) is 0 Å². The maximum absolute atomic E-state index is 10.6. The summed E-state index contributed by atoms with van der Waals surface area (Å²) < 4.78 is 0. The summed E-state index contributed by atoms with van der Waals surface area (Å²) in [6, 6.07) is 0.524. The fourth-order valence-corrected chi connectivity index (χ4v) is 1.64. The quantitative estimate of drug-likeness (QED) is 0.589. The highest BCUT2D eigenvalue weighted by Gasteiger charge is 2.23. The summed E-state index contributed by atoms with van der Waals surface area (Å²) in [5.41, 5.74) is 10.8. The number of nitrogens with two attached hydrogens (primary N) is 2. The summed E-state index contributed by atoms with van der Waals surface area (Å²) in [7, 11) is 0. The molecule has 0 aromatic rings. The van der Waals surface area contributed by atoms with Crippen molar-refractivity contribution in [3.63, 3.8) is 0 Å². The molecule has 1 saturated heterocycles. The zero-order valence-corrected chi connectivity index (χ0v) is 7.49. The number of likely N-dealkylation sites (tertiary alicyclic amines) is 1. The molecule has 4 N–H and O–H groups in total. The summed E-state index contributed by atoms with van der Waals surface area (Å²) in [4.78, 5) is 12.8. The number of hydrogen-bond donors (Lipinski definition) is 2. The molecule has 0 bridgehead atoms. The van der Waals surface area contributed by atoms with Gasteiger partial charge in [-0.2, -0.15) is 0 Å². The van der Waals surface area contributed by atoms with E-state index in [1.54, 1.807) is 0 Å². The van der Waals surface area contributed by atoms with Gasteiger partial charge < -0.3 is 11.5 Å². The van der Waals surface area contributed by atoms with E-state index in [9.17, 15) is 4.79 Å². The van der Waals surface area contributed by atoms with Crippen molar-refractivity contribution in [2.24, 2.45) is 11.5 Å². The normalized spacial score (nSPS) is 27.3. The predicted molar refractivity (Wildman–Crippen MR) is 47.4 cm³/mol. The molecule has 0 radical (unpaired) electrons. The zero-order valence-electron chi connectivity index (χ0n) is 7.49. The van der Waals surface area contributed by atoms with E-state index in [1.807, 2.05) is 6.92 Å². The van der Waals surface area contributed by atoms with Gasteiger partial charge in [-0.15, -0.1) is 0 Å². The Morgan fingerprint density at radius 2 is 2.42 bits per heavy atom. The van der Waals surface area contributed by atoms with Crippen molar-refractivity contribution in [1.29, 1.82) is 0 Å². The highest BCUT2D eigenvalue weighted by atomic mass is 16.1. The second-order valence-corrected chi connectivity index (χ2v) is 3.56. The lowest BCUT2D eigenvalue weighted by Gasteiger charge is -2.22. The molecule has 0 aromatic carbocycles. The lowest BCUT2D eigenvalue weighted by Crippen LogP contribution is -2.36. The lowest BCUT2D eigenvalue weighted by atomic mass is 10.2. The molecule has 12 heavy (non-hydrogen) atoms. The Bertz CT molecular complexity index is 172. The third-order valence-corrected chi connectivity index (χ3v) is 2.38. The van der Waals surface area contributed by atoms with E-state index in [1.165, 1.54) is 0 Å². The number of nitrogens with zero attached hydrogens (tertiary/aromatic N) is 1. The Morgan fingerprint density at radius 1 is 1.75 bits per heavy atom. The average Bonchev–Trinajstić information content (AvgIpc) is 2.34. The monoisotopic (exact) mass is 171 g/mol. The first-order valence-corrected chi connectivity index (χ1v) is 4.37. The molecular weight excluding hydrogens is 154 g/mol. The van der Waals surface area contributed by atoms with E-state index in [4.69, 9.17) is 11.5 Å². The summed E-state index contributed by atoms with van der Waals surface area (Å²) in [6.07, 6.45) is 1.47. The van der Waals surface area contributed by atoms with Crippen molar-refractivity contribution >= 4 is 5.91 Å². The van der Waals surface area contributed by atoms with Crippen LogP contribution in [0.25, 0.3) is 0 Å². The Hall–Kier alpha value is -0.610. The van der Waals surface area contributed by atoms with E-state index < -0.39 is 0 Å². The van der Waals surface area contributed by atoms with Gasteiger partial charge in [0.15, 0.2) is 0 Å². The molecule has 2 unspecified atom stereocenters. The molecule has 70 valence electrons. The van der Waals surface area contributed by atoms with E-state index in [2.05, 4.69) is 4.90 Å². The van der Waals surface area contributed by atoms with Crippen LogP contribution in [0.3, 0.4) is 0 Å². The largest absolute Gasteiger partial charge is 0.370 e. The summed E-state index contributed by atoms with van der Waals surface area (Å²) in [5, 5.41) is 0. The topological polar surface area (TPSA) is 72.4 Å². The van der Waals surface area contributed by atoms with Gasteiger partial charge in [-0.1, -0.05) is 0 Å². The Morgan fingerprint density at radius 3 is 2.83 bits per heavy atom. The smallest absolute Gasteiger partial charge is 0.218 e. The van der Waals surface area contributed by atoms with Crippen molar-refractivity contribution in [2.45, 2.75) is 31.8 Å². The Labute approximate surface area is 72.9 Å². The second kappa shape index (κ2) is 3.87. The number of carbonyl (C=O) groups excluding carboxylic acids is 1. The molecule has 1 heterocycles. The van der Waals surface area contributed by atoms with Crippen molar-refractivity contribution in [3.05, 3.63) is 0 Å². The van der Waals surface area contributed by atoms with Crippen LogP contribution in [-0.2, 0) is 4.79 Å². The SMILES string of the molecule is CC(CC(N)=O)N1CCC(N)C1. The lowest BCUT2D eigenvalue weighted by molar-refractivity contribution is -0.119. The van der Waals surface area contributed by atoms with Crippen LogP contribution >= 0.6 is 0 Å². The third-order valence-electron chi connectivity index (χ3n) is 2.38. The first kappa shape index (κ1) is 9.48. The van der Waals surface area contributed by atoms with E-state index >= 15 is 0 Å². The van der Waals surface area contributed by atoms with E-state index in [0.29, 0.717) is 6.42 Å². The Kier molecular flexibility index (Phi) is 3.05. The number of amides is 1. The zero-order chi connectivity index (χ0) is 9.14. The minimum absolute atomic E-state index is 0.233. The standard InChI is InChI=1S/C8H17N3O/c1-6(4-8(10)12)11-3-2-7(9)5-11/h6-7H,2-5,9H2,1H3,(H2,10,12). The van der Waals surface area contributed by atoms with Gasteiger partial charge in [-0.25, -0.2) is 0 Å². The first-order valence-electron chi connectivity index (χ1n) is 4.37. The molecule has 1 aliphatic heterocycles. The average molecular weight is 171 g/mol. The molecule has 4 nitrogen and oxygen atoms in total. The van der Waals surface area contributed by atoms with Crippen LogP contribution in [0, 0.1) is 0 Å². The summed E-state index contributed by atoms with van der Waals surface area (Å²) in [5.74, 6) is -0.233. The minimum Gasteiger partial charge on any atom is -0.370 e. The van der Waals surface area contributed by atoms with Gasteiger partial charge in [0.2, 0.25) is 5.91 Å². The summed E-state index contributed by atoms with van der Waals surface area (Å²) >= 11 is 0. The number of primary amides is 1. The minimum atomic E-state index is -0.233. The molecule has 0 aromatic heterocycles. The molecule has 0 aliphatic carbocycles. The van der Waals surface area contributed by atoms with Gasteiger partial charge in [0, 0.05) is 31.6 Å². The van der Waals surface area contributed by atoms with Crippen molar-refractivity contribution in [3.8, 4) is 0 Å². The molecule has 2 atom stereocenters. The molecule has 0 spiro atoms. The Balaban J connectivity index is 2.32. The first-order chi connectivity index (χ1) is 5.59. The molecule has 1 fully saturated rings. The predicted octanol–water partition coefficient (Wildman–Crippen LogP) is -0.717. The third kappa shape index (κ3) is 2.46. The molecule has 1 aliphatic rings. The van der Waals surface area contributed by atoms with Crippen LogP contribution in [-0.4, -0.2) is 36.0 Å². The fourth-order valence-electron chi connectivity index (χ4n) is 1.64. The van der Waals surface area contributed by atoms with Crippen molar-refractivity contribution < 1.29 is 4.79 Å². The molecule has 1 rings (SSSR count). The van der Waals surface area contributed by atoms with E-state index in [-0.39, 0.29) is 18.0 Å². The maximum Gasteiger partial charge on any atom is 0.218 e. The van der Waals surface area contributed by atoms with Crippen LogP contribution in [0.5, 0.6) is 0 Å². The van der Waals surface area contributed by atoms with Gasteiger partial charge in [0.05, 0.1) is 0 Å². The van der Waals surface area contributed by atoms with Crippen molar-refractivity contribution in [1.82, 2.24) is 4.90 Å². The molecular formula is C8H17N3O. The van der Waals surface area contributed by atoms with Crippen LogP contribution in [0.2, 0.25) is 0 Å². The van der Waals surface area contributed by atoms with Crippen LogP contribution in [0.1, 0.15) is 19.8 Å².